The van der Waals surface area contributed by atoms with Gasteiger partial charge in [0, 0.05) is 6.54 Å². The summed E-state index contributed by atoms with van der Waals surface area (Å²) in [7, 11) is 0. The van der Waals surface area contributed by atoms with Crippen LogP contribution in [0.1, 0.15) is 32.6 Å². The van der Waals surface area contributed by atoms with Gasteiger partial charge in [-0.2, -0.15) is 0 Å². The molecule has 0 aromatic carbocycles. The second-order valence-electron chi connectivity index (χ2n) is 5.29. The molecule has 1 aliphatic heterocycles. The highest BCUT2D eigenvalue weighted by Gasteiger charge is 2.31. The average molecular weight is 226 g/mol. The van der Waals surface area contributed by atoms with Crippen LogP contribution in [0.2, 0.25) is 0 Å². The highest BCUT2D eigenvalue weighted by molar-refractivity contribution is 5.81. The molecule has 3 unspecified atom stereocenters. The van der Waals surface area contributed by atoms with Crippen LogP contribution in [0.3, 0.4) is 0 Å². The molecule has 4 heteroatoms. The van der Waals surface area contributed by atoms with E-state index in [1.807, 2.05) is 0 Å². The number of hydrogen-bond acceptors (Lipinski definition) is 3. The van der Waals surface area contributed by atoms with Gasteiger partial charge in [-0.05, 0) is 44.1 Å². The molecule has 0 radical (unpaired) electrons. The summed E-state index contributed by atoms with van der Waals surface area (Å²) in [4.78, 5) is 11.8. The van der Waals surface area contributed by atoms with E-state index >= 15 is 0 Å². The quantitative estimate of drug-likeness (QED) is 0.644. The van der Waals surface area contributed by atoms with Crippen molar-refractivity contribution in [2.75, 3.05) is 13.1 Å². The molecule has 2 aliphatic rings. The fourth-order valence-corrected chi connectivity index (χ4v) is 2.28. The number of nitrogens with one attached hydrogen (secondary N) is 2. The molecule has 3 atom stereocenters. The maximum atomic E-state index is 11.8. The van der Waals surface area contributed by atoms with Gasteiger partial charge in [0.1, 0.15) is 0 Å². The Bertz CT molecular complexity index is 253. The van der Waals surface area contributed by atoms with E-state index < -0.39 is 0 Å². The maximum absolute atomic E-state index is 11.8. The van der Waals surface area contributed by atoms with Gasteiger partial charge in [0.2, 0.25) is 5.91 Å². The Balaban J connectivity index is 1.69. The molecule has 1 aliphatic carbocycles. The first-order chi connectivity index (χ1) is 7.66. The molecular weight excluding hydrogens is 204 g/mol. The van der Waals surface area contributed by atoms with Gasteiger partial charge >= 0.3 is 0 Å². The summed E-state index contributed by atoms with van der Waals surface area (Å²) in [6.45, 7) is 3.51. The Morgan fingerprint density at radius 1 is 1.50 bits per heavy atom. The highest BCUT2D eigenvalue weighted by atomic mass is 16.3. The summed E-state index contributed by atoms with van der Waals surface area (Å²) in [5.41, 5.74) is 0. The first kappa shape index (κ1) is 11.9. The van der Waals surface area contributed by atoms with Crippen LogP contribution in [0.25, 0.3) is 0 Å². The average Bonchev–Trinajstić information content (AvgIpc) is 3.09. The number of hydrogen-bond donors (Lipinski definition) is 3. The van der Waals surface area contributed by atoms with E-state index in [9.17, 15) is 9.90 Å². The third-order valence-electron chi connectivity index (χ3n) is 3.63. The van der Waals surface area contributed by atoms with Gasteiger partial charge in [-0.1, -0.05) is 6.92 Å². The van der Waals surface area contributed by atoms with Gasteiger partial charge in [0.25, 0.3) is 0 Å². The number of piperidine rings is 1. The molecule has 1 amide bonds. The van der Waals surface area contributed by atoms with E-state index in [-0.39, 0.29) is 18.1 Å². The van der Waals surface area contributed by atoms with Crippen molar-refractivity contribution in [3.05, 3.63) is 0 Å². The Morgan fingerprint density at radius 3 is 2.88 bits per heavy atom. The van der Waals surface area contributed by atoms with Crippen LogP contribution in [-0.4, -0.2) is 36.2 Å². The lowest BCUT2D eigenvalue weighted by Gasteiger charge is -2.27. The smallest absolute Gasteiger partial charge is 0.237 e. The van der Waals surface area contributed by atoms with Crippen LogP contribution in [0.5, 0.6) is 0 Å². The number of aliphatic hydroxyl groups is 1. The van der Waals surface area contributed by atoms with Crippen molar-refractivity contribution >= 4 is 5.91 Å². The zero-order valence-corrected chi connectivity index (χ0v) is 9.91. The number of rotatable bonds is 4. The first-order valence-electron chi connectivity index (χ1n) is 6.36. The standard InChI is InChI=1S/C12H22N2O2/c1-8-4-5-13-10(6-8)12(16)14-7-11(15)9-2-3-9/h8-11,13,15H,2-7H2,1H3,(H,14,16). The third kappa shape index (κ3) is 3.19. The molecule has 16 heavy (non-hydrogen) atoms. The SMILES string of the molecule is CC1CCNC(C(=O)NCC(O)C2CC2)C1. The predicted molar refractivity (Wildman–Crippen MR) is 61.9 cm³/mol. The Morgan fingerprint density at radius 2 is 2.25 bits per heavy atom. The number of carbonyl (C=O) groups excluding carboxylic acids is 1. The van der Waals surface area contributed by atoms with E-state index in [1.165, 1.54) is 0 Å². The second-order valence-corrected chi connectivity index (χ2v) is 5.29. The van der Waals surface area contributed by atoms with Crippen molar-refractivity contribution in [2.45, 2.75) is 44.8 Å². The summed E-state index contributed by atoms with van der Waals surface area (Å²) in [5, 5.41) is 15.7. The van der Waals surface area contributed by atoms with Crippen LogP contribution in [0.15, 0.2) is 0 Å². The molecule has 2 rings (SSSR count). The van der Waals surface area contributed by atoms with Gasteiger partial charge in [0.05, 0.1) is 12.1 Å². The van der Waals surface area contributed by atoms with Crippen molar-refractivity contribution in [1.82, 2.24) is 10.6 Å². The zero-order chi connectivity index (χ0) is 11.5. The van der Waals surface area contributed by atoms with Crippen LogP contribution in [0.4, 0.5) is 0 Å². The molecule has 92 valence electrons. The van der Waals surface area contributed by atoms with E-state index in [2.05, 4.69) is 17.6 Å². The van der Waals surface area contributed by atoms with Crippen LogP contribution >= 0.6 is 0 Å². The van der Waals surface area contributed by atoms with Crippen LogP contribution in [-0.2, 0) is 4.79 Å². The maximum Gasteiger partial charge on any atom is 0.237 e. The van der Waals surface area contributed by atoms with Crippen molar-refractivity contribution in [2.24, 2.45) is 11.8 Å². The van der Waals surface area contributed by atoms with Crippen LogP contribution < -0.4 is 10.6 Å². The number of aliphatic hydroxyl groups excluding tert-OH is 1. The molecule has 0 bridgehead atoms. The second kappa shape index (κ2) is 5.15. The highest BCUT2D eigenvalue weighted by Crippen LogP contribution is 2.32. The molecule has 2 fully saturated rings. The summed E-state index contributed by atoms with van der Waals surface area (Å²) < 4.78 is 0. The molecule has 0 aromatic heterocycles. The molecule has 1 saturated heterocycles. The summed E-state index contributed by atoms with van der Waals surface area (Å²) in [5.74, 6) is 1.09. The monoisotopic (exact) mass is 226 g/mol. The number of amides is 1. The topological polar surface area (TPSA) is 61.4 Å². The predicted octanol–water partition coefficient (Wildman–Crippen LogP) is 0.262. The number of carbonyl (C=O) groups is 1. The Labute approximate surface area is 96.8 Å². The largest absolute Gasteiger partial charge is 0.391 e. The summed E-state index contributed by atoms with van der Waals surface area (Å²) in [6.07, 6.45) is 3.93. The van der Waals surface area contributed by atoms with E-state index in [0.717, 1.165) is 32.2 Å². The summed E-state index contributed by atoms with van der Waals surface area (Å²) >= 11 is 0. The van der Waals surface area contributed by atoms with Gasteiger partial charge in [0.15, 0.2) is 0 Å². The fourth-order valence-electron chi connectivity index (χ4n) is 2.28. The fraction of sp³-hybridized carbons (Fsp3) is 0.917. The van der Waals surface area contributed by atoms with Gasteiger partial charge in [-0.15, -0.1) is 0 Å². The molecule has 0 spiro atoms. The van der Waals surface area contributed by atoms with E-state index in [0.29, 0.717) is 18.4 Å². The molecule has 3 N–H and O–H groups in total. The zero-order valence-electron chi connectivity index (χ0n) is 9.91. The minimum absolute atomic E-state index is 0.0475. The van der Waals surface area contributed by atoms with Gasteiger partial charge in [-0.25, -0.2) is 0 Å². The molecular formula is C12H22N2O2. The first-order valence-corrected chi connectivity index (χ1v) is 6.36. The van der Waals surface area contributed by atoms with Crippen molar-refractivity contribution in [1.29, 1.82) is 0 Å². The van der Waals surface area contributed by atoms with Gasteiger partial charge < -0.3 is 15.7 Å². The van der Waals surface area contributed by atoms with Crippen molar-refractivity contribution in [3.63, 3.8) is 0 Å². The van der Waals surface area contributed by atoms with E-state index in [4.69, 9.17) is 0 Å². The lowest BCUT2D eigenvalue weighted by molar-refractivity contribution is -0.124. The minimum atomic E-state index is -0.343. The third-order valence-corrected chi connectivity index (χ3v) is 3.63. The normalized spacial score (nSPS) is 32.1. The lowest BCUT2D eigenvalue weighted by Crippen LogP contribution is -2.49. The van der Waals surface area contributed by atoms with Crippen molar-refractivity contribution < 1.29 is 9.90 Å². The molecule has 0 aromatic rings. The minimum Gasteiger partial charge on any atom is -0.391 e. The summed E-state index contributed by atoms with van der Waals surface area (Å²) in [6, 6.07) is -0.0600. The van der Waals surface area contributed by atoms with Crippen LogP contribution in [0, 0.1) is 11.8 Å². The van der Waals surface area contributed by atoms with E-state index in [1.54, 1.807) is 0 Å². The van der Waals surface area contributed by atoms with Crippen molar-refractivity contribution in [3.8, 4) is 0 Å². The Hall–Kier alpha value is -0.610. The van der Waals surface area contributed by atoms with Gasteiger partial charge in [-0.3, -0.25) is 4.79 Å². The Kier molecular flexibility index (Phi) is 3.82. The molecule has 4 nitrogen and oxygen atoms in total. The lowest BCUT2D eigenvalue weighted by atomic mass is 9.94. The molecule has 1 saturated carbocycles. The molecule has 1 heterocycles.